The molecule has 25 heavy (non-hydrogen) atoms. The summed E-state index contributed by atoms with van der Waals surface area (Å²) in [4.78, 5) is 4.61. The van der Waals surface area contributed by atoms with Gasteiger partial charge in [0, 0.05) is 17.0 Å². The third kappa shape index (κ3) is 2.41. The number of anilines is 1. The van der Waals surface area contributed by atoms with Gasteiger partial charge in [0.05, 0.1) is 16.6 Å². The van der Waals surface area contributed by atoms with E-state index in [9.17, 15) is 5.26 Å². The second kappa shape index (κ2) is 5.80. The van der Waals surface area contributed by atoms with Crippen LogP contribution in [-0.2, 0) is 6.42 Å². The van der Waals surface area contributed by atoms with E-state index in [1.807, 2.05) is 59.9 Å². The van der Waals surface area contributed by atoms with E-state index in [-0.39, 0.29) is 0 Å². The van der Waals surface area contributed by atoms with Gasteiger partial charge in [-0.25, -0.2) is 4.98 Å². The van der Waals surface area contributed by atoms with Crippen LogP contribution in [0, 0.1) is 18.3 Å². The maximum atomic E-state index is 9.70. The molecule has 4 nitrogen and oxygen atoms in total. The molecule has 2 heterocycles. The molecule has 5 heteroatoms. The van der Waals surface area contributed by atoms with Crippen molar-refractivity contribution in [1.29, 1.82) is 5.26 Å². The number of nitriles is 1. The molecule has 0 bridgehead atoms. The summed E-state index contributed by atoms with van der Waals surface area (Å²) in [5.41, 5.74) is 12.3. The van der Waals surface area contributed by atoms with Crippen LogP contribution in [0.4, 0.5) is 5.82 Å². The first-order valence-corrected chi connectivity index (χ1v) is 8.30. The molecule has 2 aromatic heterocycles. The molecule has 0 aliphatic heterocycles. The number of hydrogen-bond donors (Lipinski definition) is 1. The van der Waals surface area contributed by atoms with Crippen LogP contribution in [-0.4, -0.2) is 9.38 Å². The average Bonchev–Trinajstić information content (AvgIpc) is 3.00. The van der Waals surface area contributed by atoms with Gasteiger partial charge in [-0.3, -0.25) is 4.40 Å². The Morgan fingerprint density at radius 2 is 1.88 bits per heavy atom. The number of benzene rings is 2. The van der Waals surface area contributed by atoms with Crippen molar-refractivity contribution in [3.8, 4) is 6.07 Å². The standard InChI is InChI=1S/C20H15ClN4/c1-12-15(10-13-6-8-14(21)9-7-13)19(23)25-18-5-3-2-4-17(18)24-20(25)16(12)11-22/h2-9H,10,23H2,1H3. The van der Waals surface area contributed by atoms with Gasteiger partial charge in [0.25, 0.3) is 0 Å². The van der Waals surface area contributed by atoms with Crippen LogP contribution in [0.2, 0.25) is 5.02 Å². The highest BCUT2D eigenvalue weighted by molar-refractivity contribution is 6.30. The fraction of sp³-hybridized carbons (Fsp3) is 0.100. The molecule has 0 amide bonds. The predicted octanol–water partition coefficient (Wildman–Crippen LogP) is 4.49. The number of para-hydroxylation sites is 2. The largest absolute Gasteiger partial charge is 0.385 e. The van der Waals surface area contributed by atoms with E-state index >= 15 is 0 Å². The van der Waals surface area contributed by atoms with E-state index in [0.29, 0.717) is 28.5 Å². The summed E-state index contributed by atoms with van der Waals surface area (Å²) in [7, 11) is 0. The average molecular weight is 347 g/mol. The third-order valence-electron chi connectivity index (χ3n) is 4.57. The number of fused-ring (bicyclic) bond motifs is 3. The Labute approximate surface area is 150 Å². The molecule has 0 aliphatic carbocycles. The lowest BCUT2D eigenvalue weighted by Crippen LogP contribution is -2.08. The van der Waals surface area contributed by atoms with Gasteiger partial charge in [0.2, 0.25) is 0 Å². The Hall–Kier alpha value is -3.03. The smallest absolute Gasteiger partial charge is 0.157 e. The number of rotatable bonds is 2. The molecular formula is C20H15ClN4. The molecule has 0 spiro atoms. The zero-order chi connectivity index (χ0) is 17.6. The molecule has 0 unspecified atom stereocenters. The Kier molecular flexibility index (Phi) is 3.60. The van der Waals surface area contributed by atoms with E-state index < -0.39 is 0 Å². The van der Waals surface area contributed by atoms with Gasteiger partial charge in [-0.15, -0.1) is 0 Å². The topological polar surface area (TPSA) is 67.1 Å². The molecule has 0 fully saturated rings. The normalized spacial score (nSPS) is 11.1. The number of nitrogen functional groups attached to an aromatic ring is 1. The fourth-order valence-electron chi connectivity index (χ4n) is 3.25. The van der Waals surface area contributed by atoms with Crippen LogP contribution in [0.1, 0.15) is 22.3 Å². The zero-order valence-electron chi connectivity index (χ0n) is 13.6. The van der Waals surface area contributed by atoms with Gasteiger partial charge in [-0.05, 0) is 42.3 Å². The Bertz CT molecular complexity index is 1150. The van der Waals surface area contributed by atoms with Gasteiger partial charge >= 0.3 is 0 Å². The molecule has 0 radical (unpaired) electrons. The number of halogens is 1. The van der Waals surface area contributed by atoms with Crippen molar-refractivity contribution in [2.45, 2.75) is 13.3 Å². The minimum absolute atomic E-state index is 0.564. The van der Waals surface area contributed by atoms with Gasteiger partial charge < -0.3 is 5.73 Å². The summed E-state index contributed by atoms with van der Waals surface area (Å²) >= 11 is 5.97. The summed E-state index contributed by atoms with van der Waals surface area (Å²) in [6, 6.07) is 17.7. The van der Waals surface area contributed by atoms with Crippen LogP contribution >= 0.6 is 11.6 Å². The van der Waals surface area contributed by atoms with Gasteiger partial charge in [0.15, 0.2) is 5.65 Å². The first-order valence-electron chi connectivity index (χ1n) is 7.93. The fourth-order valence-corrected chi connectivity index (χ4v) is 3.37. The number of nitrogens with zero attached hydrogens (tertiary/aromatic N) is 3. The Morgan fingerprint density at radius 1 is 1.16 bits per heavy atom. The van der Waals surface area contributed by atoms with E-state index in [1.54, 1.807) is 0 Å². The number of aromatic nitrogens is 2. The number of hydrogen-bond acceptors (Lipinski definition) is 3. The van der Waals surface area contributed by atoms with Crippen molar-refractivity contribution >= 4 is 34.1 Å². The second-order valence-electron chi connectivity index (χ2n) is 6.04. The number of imidazole rings is 1. The monoisotopic (exact) mass is 346 g/mol. The van der Waals surface area contributed by atoms with Crippen LogP contribution in [0.15, 0.2) is 48.5 Å². The maximum absolute atomic E-state index is 9.70. The SMILES string of the molecule is Cc1c(Cc2ccc(Cl)cc2)c(N)n2c(nc3ccccc32)c1C#N. The second-order valence-corrected chi connectivity index (χ2v) is 6.47. The highest BCUT2D eigenvalue weighted by atomic mass is 35.5. The van der Waals surface area contributed by atoms with Crippen molar-refractivity contribution in [1.82, 2.24) is 9.38 Å². The summed E-state index contributed by atoms with van der Waals surface area (Å²) in [5, 5.41) is 10.4. The van der Waals surface area contributed by atoms with Gasteiger partial charge in [-0.2, -0.15) is 5.26 Å². The van der Waals surface area contributed by atoms with E-state index in [4.69, 9.17) is 17.3 Å². The summed E-state index contributed by atoms with van der Waals surface area (Å²) in [6.07, 6.45) is 0.631. The molecule has 4 rings (SSSR count). The third-order valence-corrected chi connectivity index (χ3v) is 4.82. The van der Waals surface area contributed by atoms with Gasteiger partial charge in [0.1, 0.15) is 11.9 Å². The summed E-state index contributed by atoms with van der Waals surface area (Å²) in [6.45, 7) is 1.93. The van der Waals surface area contributed by atoms with Crippen LogP contribution in [0.5, 0.6) is 0 Å². The molecule has 0 saturated heterocycles. The minimum Gasteiger partial charge on any atom is -0.385 e. The Morgan fingerprint density at radius 3 is 2.60 bits per heavy atom. The van der Waals surface area contributed by atoms with Gasteiger partial charge in [-0.1, -0.05) is 35.9 Å². The van der Waals surface area contributed by atoms with E-state index in [1.165, 1.54) is 0 Å². The quantitative estimate of drug-likeness (QED) is 0.581. The molecule has 4 aromatic rings. The van der Waals surface area contributed by atoms with Crippen molar-refractivity contribution in [3.05, 3.63) is 75.8 Å². The van der Waals surface area contributed by atoms with E-state index in [0.717, 1.165) is 27.7 Å². The molecule has 2 aromatic carbocycles. The Balaban J connectivity index is 2.02. The first kappa shape index (κ1) is 15.5. The highest BCUT2D eigenvalue weighted by Crippen LogP contribution is 2.30. The molecule has 0 saturated carbocycles. The predicted molar refractivity (Wildman–Crippen MR) is 101 cm³/mol. The summed E-state index contributed by atoms with van der Waals surface area (Å²) in [5.74, 6) is 0.621. The lowest BCUT2D eigenvalue weighted by molar-refractivity contribution is 1.09. The molecule has 2 N–H and O–H groups in total. The lowest BCUT2D eigenvalue weighted by atomic mass is 9.98. The zero-order valence-corrected chi connectivity index (χ0v) is 14.4. The van der Waals surface area contributed by atoms with Crippen LogP contribution in [0.3, 0.4) is 0 Å². The molecule has 0 atom stereocenters. The maximum Gasteiger partial charge on any atom is 0.157 e. The summed E-state index contributed by atoms with van der Waals surface area (Å²) < 4.78 is 1.88. The minimum atomic E-state index is 0.564. The first-order chi connectivity index (χ1) is 12.1. The molecule has 0 aliphatic rings. The van der Waals surface area contributed by atoms with Crippen molar-refractivity contribution in [2.24, 2.45) is 0 Å². The lowest BCUT2D eigenvalue weighted by Gasteiger charge is -2.14. The number of nitrogens with two attached hydrogens (primary N) is 1. The molecular weight excluding hydrogens is 332 g/mol. The van der Waals surface area contributed by atoms with Crippen LogP contribution < -0.4 is 5.73 Å². The highest BCUT2D eigenvalue weighted by Gasteiger charge is 2.19. The van der Waals surface area contributed by atoms with Crippen LogP contribution in [0.25, 0.3) is 16.7 Å². The molecule has 122 valence electrons. The number of pyridine rings is 1. The van der Waals surface area contributed by atoms with Crippen molar-refractivity contribution in [3.63, 3.8) is 0 Å². The van der Waals surface area contributed by atoms with E-state index in [2.05, 4.69) is 11.1 Å². The van der Waals surface area contributed by atoms with Crippen molar-refractivity contribution < 1.29 is 0 Å². The van der Waals surface area contributed by atoms with Crippen molar-refractivity contribution in [2.75, 3.05) is 5.73 Å².